The van der Waals surface area contributed by atoms with Gasteiger partial charge in [-0.05, 0) is 61.6 Å². The Morgan fingerprint density at radius 1 is 1.26 bits per heavy atom. The Kier molecular flexibility index (Phi) is 6.56. The Morgan fingerprint density at radius 3 is 2.66 bits per heavy atom. The molecule has 1 aliphatic rings. The summed E-state index contributed by atoms with van der Waals surface area (Å²) in [5, 5.41) is 22.1. The van der Waals surface area contributed by atoms with Crippen LogP contribution in [0.4, 0.5) is 14.6 Å². The van der Waals surface area contributed by atoms with Gasteiger partial charge in [-0.3, -0.25) is 4.79 Å². The number of amides is 1. The number of hydrogen-bond donors (Lipinski definition) is 4. The van der Waals surface area contributed by atoms with Crippen LogP contribution in [0.5, 0.6) is 0 Å². The van der Waals surface area contributed by atoms with Gasteiger partial charge in [-0.1, -0.05) is 22.0 Å². The molecule has 0 aliphatic heterocycles. The van der Waals surface area contributed by atoms with Gasteiger partial charge < -0.3 is 21.3 Å². The Bertz CT molecular complexity index is 1340. The minimum Gasteiger partial charge on any atom is -0.394 e. The molecule has 1 fully saturated rings. The fraction of sp³-hybridized carbons (Fsp3) is 0.320. The number of nitrogens with two attached hydrogens (primary N) is 1. The molecule has 5 N–H and O–H groups in total. The third kappa shape index (κ3) is 5.83. The maximum Gasteiger partial charge on any atom is 0.254 e. The van der Waals surface area contributed by atoms with Crippen molar-refractivity contribution in [2.24, 2.45) is 0 Å². The van der Waals surface area contributed by atoms with Gasteiger partial charge in [0.05, 0.1) is 40.2 Å². The highest BCUT2D eigenvalue weighted by Crippen LogP contribution is 2.34. The summed E-state index contributed by atoms with van der Waals surface area (Å²) in [5.41, 5.74) is 6.54. The summed E-state index contributed by atoms with van der Waals surface area (Å²) in [6.07, 6.45) is 1.71. The van der Waals surface area contributed by atoms with Crippen molar-refractivity contribution in [2.45, 2.75) is 43.7 Å². The summed E-state index contributed by atoms with van der Waals surface area (Å²) in [6.45, 7) is -2.99. The molecule has 1 heterocycles. The van der Waals surface area contributed by atoms with Crippen LogP contribution < -0.4 is 11.1 Å². The Labute approximate surface area is 213 Å². The molecule has 0 unspecified atom stereocenters. The van der Waals surface area contributed by atoms with E-state index >= 15 is 4.39 Å². The van der Waals surface area contributed by atoms with E-state index in [0.29, 0.717) is 18.5 Å². The number of nitrogens with zero attached hydrogens (tertiary/aromatic N) is 2. The molecule has 7 nitrogen and oxygen atoms in total. The number of halogens is 3. The first-order valence-corrected chi connectivity index (χ1v) is 11.7. The van der Waals surface area contributed by atoms with Crippen LogP contribution in [-0.2, 0) is 0 Å². The fourth-order valence-corrected chi connectivity index (χ4v) is 4.54. The number of nitrogen functional groups attached to an aromatic ring is 1. The number of nitrogens with one attached hydrogen (secondary N) is 1. The monoisotopic (exact) mass is 549 g/mol. The van der Waals surface area contributed by atoms with E-state index in [1.807, 2.05) is 0 Å². The van der Waals surface area contributed by atoms with Crippen molar-refractivity contribution < 1.29 is 27.9 Å². The largest absolute Gasteiger partial charge is 0.394 e. The minimum atomic E-state index is -2.99. The lowest BCUT2D eigenvalue weighted by Crippen LogP contribution is -2.31. The number of aliphatic hydroxyl groups is 2. The maximum absolute atomic E-state index is 15.1. The van der Waals surface area contributed by atoms with E-state index in [1.165, 1.54) is 24.4 Å². The number of anilines is 1. The van der Waals surface area contributed by atoms with Gasteiger partial charge in [0.25, 0.3) is 5.91 Å². The van der Waals surface area contributed by atoms with Crippen molar-refractivity contribution in [1.29, 1.82) is 0 Å². The quantitative estimate of drug-likeness (QED) is 0.364. The molecule has 0 spiro atoms. The van der Waals surface area contributed by atoms with E-state index < -0.39 is 41.8 Å². The predicted molar refractivity (Wildman–Crippen MR) is 130 cm³/mol. The first-order valence-electron chi connectivity index (χ1n) is 12.4. The summed E-state index contributed by atoms with van der Waals surface area (Å²) in [4.78, 5) is 21.6. The number of carbonyl (C=O) groups is 1. The molecular weight excluding hydrogens is 522 g/mol. The maximum atomic E-state index is 15.1. The number of hydrogen-bond acceptors (Lipinski definition) is 6. The second kappa shape index (κ2) is 10.8. The average molecular weight is 550 g/mol. The van der Waals surface area contributed by atoms with E-state index in [0.717, 1.165) is 18.2 Å². The van der Waals surface area contributed by atoms with Gasteiger partial charge in [0, 0.05) is 16.0 Å². The molecule has 2 aromatic carbocycles. The molecule has 10 heteroatoms. The van der Waals surface area contributed by atoms with Crippen molar-refractivity contribution in [3.05, 3.63) is 75.5 Å². The fourth-order valence-electron chi connectivity index (χ4n) is 4.06. The molecular formula is C25H25BrF2N4O3. The lowest BCUT2D eigenvalue weighted by atomic mass is 9.85. The second-order valence-electron chi connectivity index (χ2n) is 8.30. The summed E-state index contributed by atoms with van der Waals surface area (Å²) in [7, 11) is 0. The SMILES string of the molecule is [2H]C([2H])(O)[C@@H](NC(=O)c1ccc(-c2nc([C@H]3CC[C@]([2H])(O)CC3)cnc2N)cc1F)c1cc(F)cc(Br)c1. The molecule has 1 saturated carbocycles. The minimum absolute atomic E-state index is 0.0448. The number of aromatic nitrogens is 2. The zero-order valence-corrected chi connectivity index (χ0v) is 20.0. The van der Waals surface area contributed by atoms with E-state index in [-0.39, 0.29) is 45.9 Å². The molecule has 4 rings (SSSR count). The lowest BCUT2D eigenvalue weighted by molar-refractivity contribution is 0.0912. The molecule has 35 heavy (non-hydrogen) atoms. The molecule has 0 bridgehead atoms. The smallest absolute Gasteiger partial charge is 0.254 e. The standard InChI is InChI=1S/C25H25BrF2N4O3/c26-16-7-15(8-17(27)10-16)22(12-33)32-25(35)19-6-3-14(9-20(19)28)23-24(29)30-11-21(31-23)13-1-4-18(34)5-2-13/h3,6-11,13,18,22,33-34H,1-2,4-5,12H2,(H2,29,30)(H,32,35)/t13-,18-,22-/m1/s1/i12D2,18D. The average Bonchev–Trinajstić information content (AvgIpc) is 2.81. The van der Waals surface area contributed by atoms with Gasteiger partial charge in [0.2, 0.25) is 0 Å². The highest BCUT2D eigenvalue weighted by atomic mass is 79.9. The van der Waals surface area contributed by atoms with Gasteiger partial charge in [0.15, 0.2) is 0 Å². The van der Waals surface area contributed by atoms with E-state index in [9.17, 15) is 19.4 Å². The van der Waals surface area contributed by atoms with Crippen LogP contribution in [0.1, 0.15) is 63.4 Å². The van der Waals surface area contributed by atoms with Gasteiger partial charge in [-0.15, -0.1) is 0 Å². The molecule has 0 radical (unpaired) electrons. The third-order valence-corrected chi connectivity index (χ3v) is 6.37. The van der Waals surface area contributed by atoms with Crippen LogP contribution >= 0.6 is 15.9 Å². The topological polar surface area (TPSA) is 121 Å². The Morgan fingerprint density at radius 2 is 2.00 bits per heavy atom. The first kappa shape index (κ1) is 21.3. The Hall–Kier alpha value is -2.95. The zero-order chi connectivity index (χ0) is 27.8. The van der Waals surface area contributed by atoms with Crippen LogP contribution in [0.25, 0.3) is 11.3 Å². The lowest BCUT2D eigenvalue weighted by Gasteiger charge is -2.25. The van der Waals surface area contributed by atoms with Crippen LogP contribution in [0, 0.1) is 11.6 Å². The highest BCUT2D eigenvalue weighted by Gasteiger charge is 2.24. The number of carbonyl (C=O) groups excluding carboxylic acids is 1. The van der Waals surface area contributed by atoms with Crippen molar-refractivity contribution in [1.82, 2.24) is 15.3 Å². The molecule has 3 aromatic rings. The summed E-state index contributed by atoms with van der Waals surface area (Å²) in [5.74, 6) is -2.71. The van der Waals surface area contributed by atoms with Crippen molar-refractivity contribution in [2.75, 3.05) is 12.3 Å². The van der Waals surface area contributed by atoms with Gasteiger partial charge in [0.1, 0.15) is 23.1 Å². The van der Waals surface area contributed by atoms with E-state index in [4.69, 9.17) is 9.85 Å². The first-order chi connectivity index (χ1) is 17.7. The van der Waals surface area contributed by atoms with Gasteiger partial charge in [-0.2, -0.15) is 0 Å². The summed E-state index contributed by atoms with van der Waals surface area (Å²) in [6, 6.07) is 5.33. The molecule has 184 valence electrons. The van der Waals surface area contributed by atoms with Crippen molar-refractivity contribution >= 4 is 27.7 Å². The molecule has 1 aliphatic carbocycles. The van der Waals surface area contributed by atoms with Crippen molar-refractivity contribution in [3.8, 4) is 11.3 Å². The summed E-state index contributed by atoms with van der Waals surface area (Å²) < 4.78 is 52.4. The van der Waals surface area contributed by atoms with Crippen LogP contribution in [0.3, 0.4) is 0 Å². The predicted octanol–water partition coefficient (Wildman–Crippen LogP) is 4.25. The number of rotatable bonds is 6. The molecule has 1 atom stereocenters. The Balaban J connectivity index is 1.59. The van der Waals surface area contributed by atoms with Gasteiger partial charge >= 0.3 is 0 Å². The molecule has 1 amide bonds. The van der Waals surface area contributed by atoms with E-state index in [1.54, 1.807) is 0 Å². The zero-order valence-electron chi connectivity index (χ0n) is 21.4. The normalized spacial score (nSPS) is 22.5. The molecule has 0 saturated heterocycles. The van der Waals surface area contributed by atoms with Crippen LogP contribution in [0.2, 0.25) is 0 Å². The second-order valence-corrected chi connectivity index (χ2v) is 9.22. The van der Waals surface area contributed by atoms with Crippen LogP contribution in [0.15, 0.2) is 47.1 Å². The van der Waals surface area contributed by atoms with E-state index in [2.05, 4.69) is 31.2 Å². The van der Waals surface area contributed by atoms with Crippen LogP contribution in [-0.4, -0.2) is 38.7 Å². The summed E-state index contributed by atoms with van der Waals surface area (Å²) >= 11 is 3.08. The molecule has 1 aromatic heterocycles. The van der Waals surface area contributed by atoms with Gasteiger partial charge in [-0.25, -0.2) is 18.7 Å². The number of benzene rings is 2. The highest BCUT2D eigenvalue weighted by molar-refractivity contribution is 9.10. The third-order valence-electron chi connectivity index (χ3n) is 5.91. The van der Waals surface area contributed by atoms with Crippen molar-refractivity contribution in [3.63, 3.8) is 0 Å².